The topological polar surface area (TPSA) is 137 Å². The number of carbonyl (C=O) groups is 3. The number of unbranched alkanes of at least 4 members (excludes halogenated alkanes) is 1. The summed E-state index contributed by atoms with van der Waals surface area (Å²) in [4.78, 5) is 68.2. The Kier molecular flexibility index (Phi) is 10.5. The van der Waals surface area contributed by atoms with Crippen LogP contribution in [-0.4, -0.2) is 48.9 Å². The molecule has 42 heavy (non-hydrogen) atoms. The summed E-state index contributed by atoms with van der Waals surface area (Å²) in [6, 6.07) is 8.39. The molecular formula is C31H42N6O5. The van der Waals surface area contributed by atoms with Crippen molar-refractivity contribution < 1.29 is 14.4 Å². The third-order valence-electron chi connectivity index (χ3n) is 8.39. The number of Topliss-reactive ketones (excluding diaryl/α,β-unsaturated/α-hetero) is 1. The quantitative estimate of drug-likeness (QED) is 0.236. The summed E-state index contributed by atoms with van der Waals surface area (Å²) in [5.74, 6) is -1.07. The standard InChI is InChI=1S/C31H42N6O5/c1-4-5-10-21-13-15-23(16-14-21)27(39)34-24(19-22-11-7-6-8-12-22)26(38)28(40)32-17-9-18-37-20-33-25-29(37)35(2)31(42)36(3)30(25)41/h6-8,11-12,20-21,23-24H,4-5,9-10,13-19H2,1-3H3,(H,32,40)(H,34,39)/t21?,23?,24-/m0/s1. The number of ketones is 1. The van der Waals surface area contributed by atoms with Gasteiger partial charge in [0.2, 0.25) is 11.7 Å². The Bertz CT molecular complexity index is 1510. The molecule has 11 heteroatoms. The molecule has 1 aliphatic rings. The molecule has 1 atom stereocenters. The van der Waals surface area contributed by atoms with Gasteiger partial charge in [0.05, 0.1) is 6.33 Å². The lowest BCUT2D eigenvalue weighted by molar-refractivity contribution is -0.140. The van der Waals surface area contributed by atoms with E-state index in [0.717, 1.165) is 35.8 Å². The third kappa shape index (κ3) is 7.24. The molecule has 1 saturated carbocycles. The van der Waals surface area contributed by atoms with Gasteiger partial charge in [-0.15, -0.1) is 0 Å². The highest BCUT2D eigenvalue weighted by molar-refractivity contribution is 6.38. The highest BCUT2D eigenvalue weighted by Crippen LogP contribution is 2.32. The van der Waals surface area contributed by atoms with Crippen LogP contribution in [0.5, 0.6) is 0 Å². The monoisotopic (exact) mass is 578 g/mol. The molecule has 2 heterocycles. The summed E-state index contributed by atoms with van der Waals surface area (Å²) >= 11 is 0. The zero-order valence-electron chi connectivity index (χ0n) is 24.8. The molecule has 0 spiro atoms. The summed E-state index contributed by atoms with van der Waals surface area (Å²) < 4.78 is 4.05. The van der Waals surface area contributed by atoms with E-state index < -0.39 is 29.0 Å². The molecule has 11 nitrogen and oxygen atoms in total. The highest BCUT2D eigenvalue weighted by Gasteiger charge is 2.31. The van der Waals surface area contributed by atoms with Crippen molar-refractivity contribution in [3.8, 4) is 0 Å². The maximum Gasteiger partial charge on any atom is 0.332 e. The number of carbonyl (C=O) groups excluding carboxylic acids is 3. The number of imidazole rings is 1. The molecule has 0 saturated heterocycles. The van der Waals surface area contributed by atoms with E-state index >= 15 is 0 Å². The number of hydrogen-bond donors (Lipinski definition) is 2. The molecule has 0 unspecified atom stereocenters. The first-order valence-electron chi connectivity index (χ1n) is 15.0. The van der Waals surface area contributed by atoms with Crippen molar-refractivity contribution in [2.24, 2.45) is 25.9 Å². The molecular weight excluding hydrogens is 536 g/mol. The van der Waals surface area contributed by atoms with Crippen LogP contribution in [-0.2, 0) is 41.4 Å². The van der Waals surface area contributed by atoms with Crippen LogP contribution in [0.4, 0.5) is 0 Å². The van der Waals surface area contributed by atoms with Gasteiger partial charge in [-0.05, 0) is 43.6 Å². The average molecular weight is 579 g/mol. The van der Waals surface area contributed by atoms with E-state index in [4.69, 9.17) is 0 Å². The Balaban J connectivity index is 1.35. The SMILES string of the molecule is CCCCC1CCC(C(=O)N[C@@H](Cc2ccccc2)C(=O)C(=O)NCCCn2cnc3c(=O)n(C)c(=O)n(C)c32)CC1. The van der Waals surface area contributed by atoms with Gasteiger partial charge in [-0.25, -0.2) is 9.78 Å². The van der Waals surface area contributed by atoms with Crippen molar-refractivity contribution in [3.63, 3.8) is 0 Å². The van der Waals surface area contributed by atoms with E-state index in [9.17, 15) is 24.0 Å². The fourth-order valence-electron chi connectivity index (χ4n) is 5.85. The van der Waals surface area contributed by atoms with Gasteiger partial charge < -0.3 is 15.2 Å². The first-order valence-corrected chi connectivity index (χ1v) is 15.0. The van der Waals surface area contributed by atoms with Gasteiger partial charge in [0.1, 0.15) is 11.7 Å². The van der Waals surface area contributed by atoms with Crippen molar-refractivity contribution in [2.45, 2.75) is 77.3 Å². The fraction of sp³-hybridized carbons (Fsp3) is 0.548. The van der Waals surface area contributed by atoms with Gasteiger partial charge in [0, 0.05) is 39.5 Å². The van der Waals surface area contributed by atoms with Crippen LogP contribution in [0.1, 0.15) is 63.9 Å². The van der Waals surface area contributed by atoms with Crippen LogP contribution < -0.4 is 21.9 Å². The van der Waals surface area contributed by atoms with Gasteiger partial charge in [0.25, 0.3) is 11.5 Å². The Hall–Kier alpha value is -4.02. The van der Waals surface area contributed by atoms with Crippen LogP contribution in [0.2, 0.25) is 0 Å². The number of aryl methyl sites for hydroxylation is 2. The second-order valence-corrected chi connectivity index (χ2v) is 11.4. The fourth-order valence-corrected chi connectivity index (χ4v) is 5.85. The van der Waals surface area contributed by atoms with Crippen LogP contribution in [0.15, 0.2) is 46.2 Å². The van der Waals surface area contributed by atoms with E-state index in [1.807, 2.05) is 30.3 Å². The highest BCUT2D eigenvalue weighted by atomic mass is 16.2. The molecule has 2 amide bonds. The minimum atomic E-state index is -0.957. The lowest BCUT2D eigenvalue weighted by Gasteiger charge is -2.29. The van der Waals surface area contributed by atoms with Crippen LogP contribution >= 0.6 is 0 Å². The van der Waals surface area contributed by atoms with E-state index in [0.29, 0.717) is 24.5 Å². The molecule has 0 bridgehead atoms. The lowest BCUT2D eigenvalue weighted by Crippen LogP contribution is -2.50. The zero-order chi connectivity index (χ0) is 30.2. The average Bonchev–Trinajstić information content (AvgIpc) is 3.44. The van der Waals surface area contributed by atoms with Crippen molar-refractivity contribution in [1.82, 2.24) is 29.3 Å². The number of nitrogens with one attached hydrogen (secondary N) is 2. The second kappa shape index (κ2) is 14.2. The maximum atomic E-state index is 13.3. The summed E-state index contributed by atoms with van der Waals surface area (Å²) in [5, 5.41) is 5.58. The van der Waals surface area contributed by atoms with Gasteiger partial charge in [-0.2, -0.15) is 0 Å². The van der Waals surface area contributed by atoms with Crippen LogP contribution in [0.25, 0.3) is 11.2 Å². The molecule has 3 aromatic rings. The largest absolute Gasteiger partial charge is 0.349 e. The number of rotatable bonds is 13. The Morgan fingerprint density at radius 3 is 2.40 bits per heavy atom. The number of benzene rings is 1. The molecule has 226 valence electrons. The van der Waals surface area contributed by atoms with Crippen molar-refractivity contribution in [1.29, 1.82) is 0 Å². The van der Waals surface area contributed by atoms with Crippen molar-refractivity contribution in [3.05, 3.63) is 63.1 Å². The Morgan fingerprint density at radius 2 is 1.71 bits per heavy atom. The molecule has 4 rings (SSSR count). The smallest absolute Gasteiger partial charge is 0.332 e. The van der Waals surface area contributed by atoms with E-state index in [2.05, 4.69) is 22.5 Å². The second-order valence-electron chi connectivity index (χ2n) is 11.4. The number of hydrogen-bond acceptors (Lipinski definition) is 6. The molecule has 1 aromatic carbocycles. The first-order chi connectivity index (χ1) is 20.2. The Labute approximate surface area is 245 Å². The van der Waals surface area contributed by atoms with Crippen LogP contribution in [0, 0.1) is 11.8 Å². The predicted molar refractivity (Wildman–Crippen MR) is 160 cm³/mol. The van der Waals surface area contributed by atoms with Crippen LogP contribution in [0.3, 0.4) is 0 Å². The molecule has 1 aliphatic carbocycles. The normalized spacial score (nSPS) is 17.6. The number of aromatic nitrogens is 4. The molecule has 2 N–H and O–H groups in total. The van der Waals surface area contributed by atoms with Crippen molar-refractivity contribution >= 4 is 28.8 Å². The van der Waals surface area contributed by atoms with Gasteiger partial charge in [-0.1, -0.05) is 56.5 Å². The van der Waals surface area contributed by atoms with E-state index in [-0.39, 0.29) is 30.3 Å². The molecule has 2 aromatic heterocycles. The van der Waals surface area contributed by atoms with E-state index in [1.54, 1.807) is 11.6 Å². The number of nitrogens with zero attached hydrogens (tertiary/aromatic N) is 4. The number of amides is 2. The van der Waals surface area contributed by atoms with Gasteiger partial charge >= 0.3 is 5.69 Å². The first kappa shape index (κ1) is 30.9. The summed E-state index contributed by atoms with van der Waals surface area (Å²) in [6.07, 6.45) is 9.39. The minimum absolute atomic E-state index is 0.144. The zero-order valence-corrected chi connectivity index (χ0v) is 24.8. The number of fused-ring (bicyclic) bond motifs is 1. The predicted octanol–water partition coefficient (Wildman–Crippen LogP) is 2.23. The van der Waals surface area contributed by atoms with Gasteiger partial charge in [-0.3, -0.25) is 28.3 Å². The lowest BCUT2D eigenvalue weighted by atomic mass is 9.79. The van der Waals surface area contributed by atoms with Crippen molar-refractivity contribution in [2.75, 3.05) is 6.54 Å². The molecule has 0 radical (unpaired) electrons. The summed E-state index contributed by atoms with van der Waals surface area (Å²) in [5.41, 5.74) is 0.519. The molecule has 1 fully saturated rings. The minimum Gasteiger partial charge on any atom is -0.349 e. The Morgan fingerprint density at radius 1 is 1.00 bits per heavy atom. The third-order valence-corrected chi connectivity index (χ3v) is 8.39. The summed E-state index contributed by atoms with van der Waals surface area (Å²) in [6.45, 7) is 2.75. The van der Waals surface area contributed by atoms with E-state index in [1.165, 1.54) is 37.2 Å². The van der Waals surface area contributed by atoms with Gasteiger partial charge in [0.15, 0.2) is 5.52 Å². The summed E-state index contributed by atoms with van der Waals surface area (Å²) in [7, 11) is 2.98. The maximum absolute atomic E-state index is 13.3. The molecule has 0 aliphatic heterocycles.